The van der Waals surface area contributed by atoms with Crippen LogP contribution in [-0.2, 0) is 24.0 Å². The van der Waals surface area contributed by atoms with Gasteiger partial charge in [0.1, 0.15) is 19.6 Å². The molecule has 1 heterocycles. The topological polar surface area (TPSA) is 97.4 Å². The molecule has 0 aromatic heterocycles. The number of hydrogen-bond donors (Lipinski definition) is 1. The fourth-order valence-electron chi connectivity index (χ4n) is 3.83. The van der Waals surface area contributed by atoms with Gasteiger partial charge in [-0.05, 0) is 36.2 Å². The summed E-state index contributed by atoms with van der Waals surface area (Å²) < 4.78 is -0.240. The Morgan fingerprint density at radius 2 is 1.30 bits per heavy atom. The van der Waals surface area contributed by atoms with E-state index in [-0.39, 0.29) is 53.7 Å². The molecular weight excluding hydrogens is 460 g/mol. The predicted octanol–water partition coefficient (Wildman–Crippen LogP) is 3.78. The van der Waals surface area contributed by atoms with Crippen LogP contribution in [0.2, 0.25) is 0 Å². The molecule has 0 spiro atoms. The smallest absolute Gasteiger partial charge is 0.248 e. The van der Waals surface area contributed by atoms with Crippen LogP contribution >= 0.6 is 23.5 Å². The highest BCUT2D eigenvalue weighted by molar-refractivity contribution is 8.18. The second kappa shape index (κ2) is 16.0. The van der Waals surface area contributed by atoms with E-state index in [0.29, 0.717) is 43.6 Å². The Labute approximate surface area is 205 Å². The third kappa shape index (κ3) is 11.3. The minimum Gasteiger partial charge on any atom is -0.303 e. The summed E-state index contributed by atoms with van der Waals surface area (Å²) in [5, 5.41) is 6.92. The van der Waals surface area contributed by atoms with Crippen LogP contribution in [0.5, 0.6) is 0 Å². The molecule has 0 saturated carbocycles. The molecule has 1 aliphatic rings. The van der Waals surface area contributed by atoms with Gasteiger partial charge in [-0.3, -0.25) is 28.5 Å². The van der Waals surface area contributed by atoms with Gasteiger partial charge in [0.25, 0.3) is 0 Å². The number of nitrogens with one attached hydrogen (secondary N) is 1. The Kier molecular flexibility index (Phi) is 14.2. The minimum atomic E-state index is -0.865. The third-order valence-corrected chi connectivity index (χ3v) is 6.97. The highest BCUT2D eigenvalue weighted by Crippen LogP contribution is 2.21. The van der Waals surface area contributed by atoms with Crippen LogP contribution in [0.4, 0.5) is 0 Å². The molecule has 7 nitrogen and oxygen atoms in total. The van der Waals surface area contributed by atoms with E-state index in [1.54, 1.807) is 10.8 Å². The molecule has 0 bridgehead atoms. The van der Waals surface area contributed by atoms with E-state index in [1.165, 1.54) is 35.7 Å². The molecule has 1 amide bonds. The molecular formula is C24H37N2O5S2+. The van der Waals surface area contributed by atoms with Crippen molar-refractivity contribution in [2.45, 2.75) is 71.9 Å². The molecule has 1 aliphatic heterocycles. The lowest BCUT2D eigenvalue weighted by Gasteiger charge is -2.43. The van der Waals surface area contributed by atoms with Crippen molar-refractivity contribution in [3.05, 3.63) is 23.0 Å². The molecule has 33 heavy (non-hydrogen) atoms. The molecule has 1 N–H and O–H groups in total. The molecule has 1 rings (SSSR count). The SMILES string of the molecule is CCCC(=O)C[N+](CC(=O)CCC)(CC(=O)CCC)C1CC(=O)/C=C/SCS/C=C/C(=O)N1. The van der Waals surface area contributed by atoms with E-state index in [0.717, 1.165) is 0 Å². The first-order chi connectivity index (χ1) is 15.8. The van der Waals surface area contributed by atoms with E-state index < -0.39 is 12.1 Å². The van der Waals surface area contributed by atoms with E-state index in [2.05, 4.69) is 5.32 Å². The molecule has 184 valence electrons. The van der Waals surface area contributed by atoms with Gasteiger partial charge in [-0.25, -0.2) is 0 Å². The monoisotopic (exact) mass is 497 g/mol. The van der Waals surface area contributed by atoms with E-state index >= 15 is 0 Å². The number of allylic oxidation sites excluding steroid dienone is 1. The average Bonchev–Trinajstić information content (AvgIpc) is 2.71. The summed E-state index contributed by atoms with van der Waals surface area (Å²) in [7, 11) is 0. The van der Waals surface area contributed by atoms with Crippen molar-refractivity contribution in [3.63, 3.8) is 0 Å². The Morgan fingerprint density at radius 1 is 0.848 bits per heavy atom. The summed E-state index contributed by atoms with van der Waals surface area (Å²) in [5.41, 5.74) is 0. The van der Waals surface area contributed by atoms with Gasteiger partial charge in [0.2, 0.25) is 5.91 Å². The lowest BCUT2D eigenvalue weighted by molar-refractivity contribution is -0.931. The molecule has 1 atom stereocenters. The number of thioether (sulfide) groups is 2. The zero-order valence-electron chi connectivity index (χ0n) is 20.0. The summed E-state index contributed by atoms with van der Waals surface area (Å²) in [4.78, 5) is 64.0. The highest BCUT2D eigenvalue weighted by atomic mass is 32.2. The van der Waals surface area contributed by atoms with Crippen LogP contribution in [-0.4, -0.2) is 64.4 Å². The number of nitrogens with zero attached hydrogens (tertiary/aromatic N) is 1. The number of Topliss-reactive ketones (excluding diaryl/α,β-unsaturated/α-hetero) is 3. The first-order valence-corrected chi connectivity index (χ1v) is 13.7. The van der Waals surface area contributed by atoms with Gasteiger partial charge in [0.05, 0.1) is 6.42 Å². The quantitative estimate of drug-likeness (QED) is 0.387. The van der Waals surface area contributed by atoms with Gasteiger partial charge in [0.15, 0.2) is 29.3 Å². The zero-order chi connectivity index (χ0) is 24.7. The summed E-state index contributed by atoms with van der Waals surface area (Å²) in [6.07, 6.45) is 4.74. The van der Waals surface area contributed by atoms with Gasteiger partial charge in [-0.15, -0.1) is 23.5 Å². The van der Waals surface area contributed by atoms with Gasteiger partial charge >= 0.3 is 0 Å². The van der Waals surface area contributed by atoms with Crippen molar-refractivity contribution in [3.8, 4) is 0 Å². The van der Waals surface area contributed by atoms with E-state index in [9.17, 15) is 24.0 Å². The van der Waals surface area contributed by atoms with Crippen LogP contribution in [0.3, 0.4) is 0 Å². The van der Waals surface area contributed by atoms with Gasteiger partial charge in [-0.1, -0.05) is 20.8 Å². The Bertz CT molecular complexity index is 686. The molecule has 0 fully saturated rings. The molecule has 0 saturated heterocycles. The number of quaternary nitrogens is 1. The first-order valence-electron chi connectivity index (χ1n) is 11.6. The van der Waals surface area contributed by atoms with Crippen LogP contribution in [0.25, 0.3) is 0 Å². The average molecular weight is 498 g/mol. The normalized spacial score (nSPS) is 19.7. The largest absolute Gasteiger partial charge is 0.303 e. The first kappa shape index (κ1) is 29.3. The van der Waals surface area contributed by atoms with Crippen molar-refractivity contribution >= 4 is 52.6 Å². The van der Waals surface area contributed by atoms with Crippen LogP contribution < -0.4 is 5.32 Å². The van der Waals surface area contributed by atoms with Crippen molar-refractivity contribution in [2.24, 2.45) is 0 Å². The molecule has 1 unspecified atom stereocenters. The molecule has 0 aromatic rings. The molecule has 0 aliphatic carbocycles. The predicted molar refractivity (Wildman–Crippen MR) is 134 cm³/mol. The van der Waals surface area contributed by atoms with Gasteiger partial charge in [0, 0.05) is 30.4 Å². The Morgan fingerprint density at radius 3 is 1.76 bits per heavy atom. The number of hydrogen-bond acceptors (Lipinski definition) is 7. The van der Waals surface area contributed by atoms with E-state index in [4.69, 9.17) is 0 Å². The number of amides is 1. The second-order valence-electron chi connectivity index (χ2n) is 8.31. The maximum Gasteiger partial charge on any atom is 0.248 e. The number of carbonyl (C=O) groups excluding carboxylic acids is 5. The Hall–Kier alpha value is -1.71. The van der Waals surface area contributed by atoms with Crippen LogP contribution in [0, 0.1) is 0 Å². The van der Waals surface area contributed by atoms with Gasteiger partial charge < -0.3 is 5.32 Å². The number of ketones is 4. The van der Waals surface area contributed by atoms with Crippen LogP contribution in [0.1, 0.15) is 65.7 Å². The second-order valence-corrected chi connectivity index (χ2v) is 10.5. The zero-order valence-corrected chi connectivity index (χ0v) is 21.6. The maximum absolute atomic E-state index is 12.8. The van der Waals surface area contributed by atoms with Crippen molar-refractivity contribution < 1.29 is 28.5 Å². The third-order valence-electron chi connectivity index (χ3n) is 5.23. The summed E-state index contributed by atoms with van der Waals surface area (Å²) in [5.74, 6) is -0.895. The molecule has 0 radical (unpaired) electrons. The van der Waals surface area contributed by atoms with Crippen molar-refractivity contribution in [2.75, 3.05) is 24.7 Å². The summed E-state index contributed by atoms with van der Waals surface area (Å²) >= 11 is 2.87. The highest BCUT2D eigenvalue weighted by Gasteiger charge is 2.43. The Balaban J connectivity index is 3.52. The molecule has 9 heteroatoms. The van der Waals surface area contributed by atoms with Crippen LogP contribution in [0.15, 0.2) is 23.0 Å². The lowest BCUT2D eigenvalue weighted by atomic mass is 10.0. The summed E-state index contributed by atoms with van der Waals surface area (Å²) in [6, 6.07) is 0. The van der Waals surface area contributed by atoms with Crippen molar-refractivity contribution in [1.29, 1.82) is 0 Å². The standard InChI is InChI=1S/C24H36N2O5S2/c1-4-7-20(28)15-26(16-21(29)8-5-2,17-22(30)9-6-3)23-14-19(27)10-12-32-18-33-13-11-24(31)25-23/h10-13,23H,4-9,14-18H2,1-3H3/p+1/b12-10+,13-11+. The van der Waals surface area contributed by atoms with E-state index in [1.807, 2.05) is 20.8 Å². The van der Waals surface area contributed by atoms with Gasteiger partial charge in [-0.2, -0.15) is 0 Å². The fraction of sp³-hybridized carbons (Fsp3) is 0.625. The lowest BCUT2D eigenvalue weighted by Crippen LogP contribution is -2.67. The fourth-order valence-corrected chi connectivity index (χ4v) is 5.24. The van der Waals surface area contributed by atoms with Crippen molar-refractivity contribution in [1.82, 2.24) is 5.32 Å². The number of carbonyl (C=O) groups is 5. The summed E-state index contributed by atoms with van der Waals surface area (Å²) in [6.45, 7) is 5.45. The maximum atomic E-state index is 12.8. The minimum absolute atomic E-state index is 0.0755. The number of rotatable bonds is 13. The molecule has 0 aromatic carbocycles.